The van der Waals surface area contributed by atoms with E-state index in [4.69, 9.17) is 4.74 Å². The smallest absolute Gasteiger partial charge is 0.124 e. The molecular formula is C17H17NO. The van der Waals surface area contributed by atoms with Crippen molar-refractivity contribution in [3.8, 4) is 11.8 Å². The van der Waals surface area contributed by atoms with Crippen molar-refractivity contribution in [2.75, 3.05) is 7.11 Å². The second kappa shape index (κ2) is 5.58. The summed E-state index contributed by atoms with van der Waals surface area (Å²) in [7, 11) is 1.64. The Morgan fingerprint density at radius 1 is 1.47 bits per heavy atom. The molecule has 1 aromatic rings. The Bertz CT molecular complexity index is 577. The molecule has 1 aliphatic carbocycles. The first kappa shape index (κ1) is 13.2. The van der Waals surface area contributed by atoms with Gasteiger partial charge >= 0.3 is 0 Å². The number of benzene rings is 1. The summed E-state index contributed by atoms with van der Waals surface area (Å²) in [5.74, 6) is 0.765. The van der Waals surface area contributed by atoms with Crippen molar-refractivity contribution >= 4 is 0 Å². The molecule has 0 heterocycles. The molecule has 0 radical (unpaired) electrons. The van der Waals surface area contributed by atoms with E-state index >= 15 is 0 Å². The van der Waals surface area contributed by atoms with Crippen LogP contribution < -0.4 is 4.74 Å². The Labute approximate surface area is 114 Å². The van der Waals surface area contributed by atoms with E-state index in [1.807, 2.05) is 48.6 Å². The average Bonchev–Trinajstić information content (AvgIpc) is 2.48. The summed E-state index contributed by atoms with van der Waals surface area (Å²) < 4.78 is 5.47. The molecule has 0 bridgehead atoms. The monoisotopic (exact) mass is 251 g/mol. The van der Waals surface area contributed by atoms with E-state index in [9.17, 15) is 5.26 Å². The average molecular weight is 251 g/mol. The van der Waals surface area contributed by atoms with Crippen LogP contribution in [0, 0.1) is 11.3 Å². The van der Waals surface area contributed by atoms with Gasteiger partial charge in [0.05, 0.1) is 13.2 Å². The highest BCUT2D eigenvalue weighted by Crippen LogP contribution is 2.38. The number of nitriles is 1. The molecule has 1 atom stereocenters. The minimum Gasteiger partial charge on any atom is -0.496 e. The highest BCUT2D eigenvalue weighted by atomic mass is 16.5. The van der Waals surface area contributed by atoms with Crippen molar-refractivity contribution in [3.63, 3.8) is 0 Å². The lowest BCUT2D eigenvalue weighted by atomic mass is 9.76. The Morgan fingerprint density at radius 3 is 2.89 bits per heavy atom. The SMILES string of the molecule is C=CCc1ccc(C2(C#N)C=CC=CC2)c(OC)c1. The lowest BCUT2D eigenvalue weighted by Gasteiger charge is -2.26. The zero-order valence-corrected chi connectivity index (χ0v) is 11.1. The molecule has 0 spiro atoms. The van der Waals surface area contributed by atoms with Gasteiger partial charge in [0.1, 0.15) is 11.2 Å². The van der Waals surface area contributed by atoms with Crippen LogP contribution in [-0.4, -0.2) is 7.11 Å². The van der Waals surface area contributed by atoms with Gasteiger partial charge < -0.3 is 4.74 Å². The molecule has 0 aliphatic heterocycles. The zero-order valence-electron chi connectivity index (χ0n) is 11.1. The van der Waals surface area contributed by atoms with Crippen LogP contribution in [0.4, 0.5) is 0 Å². The van der Waals surface area contributed by atoms with Crippen molar-refractivity contribution < 1.29 is 4.74 Å². The van der Waals surface area contributed by atoms with Gasteiger partial charge in [-0.1, -0.05) is 42.5 Å². The highest BCUT2D eigenvalue weighted by molar-refractivity contribution is 5.51. The molecule has 0 amide bonds. The van der Waals surface area contributed by atoms with Crippen LogP contribution >= 0.6 is 0 Å². The predicted molar refractivity (Wildman–Crippen MR) is 77.1 cm³/mol. The van der Waals surface area contributed by atoms with Crippen LogP contribution in [0.5, 0.6) is 5.75 Å². The van der Waals surface area contributed by atoms with Crippen LogP contribution in [0.15, 0.2) is 55.2 Å². The van der Waals surface area contributed by atoms with E-state index in [0.29, 0.717) is 6.42 Å². The first-order valence-corrected chi connectivity index (χ1v) is 6.29. The molecule has 1 aliphatic rings. The number of rotatable bonds is 4. The molecule has 1 aromatic carbocycles. The highest BCUT2D eigenvalue weighted by Gasteiger charge is 2.32. The maximum Gasteiger partial charge on any atom is 0.124 e. The molecule has 0 saturated carbocycles. The number of hydrogen-bond acceptors (Lipinski definition) is 2. The normalized spacial score (nSPS) is 20.8. The second-order valence-corrected chi connectivity index (χ2v) is 4.60. The Kier molecular flexibility index (Phi) is 3.87. The predicted octanol–water partition coefficient (Wildman–Crippen LogP) is 3.70. The summed E-state index contributed by atoms with van der Waals surface area (Å²) in [5.41, 5.74) is 1.44. The number of ether oxygens (including phenoxy) is 1. The van der Waals surface area contributed by atoms with Gasteiger partial charge in [-0.05, 0) is 24.5 Å². The fourth-order valence-electron chi connectivity index (χ4n) is 2.36. The molecular weight excluding hydrogens is 234 g/mol. The summed E-state index contributed by atoms with van der Waals surface area (Å²) in [6.45, 7) is 3.74. The standard InChI is InChI=1S/C17H17NO/c1-3-7-14-8-9-15(16(12-14)19-2)17(13-18)10-5-4-6-11-17/h3-6,8-10,12H,1,7,11H2,2H3. The van der Waals surface area contributed by atoms with Crippen LogP contribution in [0.2, 0.25) is 0 Å². The third kappa shape index (κ3) is 2.46. The molecule has 1 unspecified atom stereocenters. The summed E-state index contributed by atoms with van der Waals surface area (Å²) in [6.07, 6.45) is 11.2. The first-order valence-electron chi connectivity index (χ1n) is 6.29. The van der Waals surface area contributed by atoms with Gasteiger partial charge in [0.2, 0.25) is 0 Å². The fourth-order valence-corrected chi connectivity index (χ4v) is 2.36. The van der Waals surface area contributed by atoms with Gasteiger partial charge in [-0.3, -0.25) is 0 Å². The molecule has 2 heteroatoms. The van der Waals surface area contributed by atoms with Crippen molar-refractivity contribution in [3.05, 3.63) is 66.3 Å². The zero-order chi connectivity index (χ0) is 13.7. The van der Waals surface area contributed by atoms with Gasteiger partial charge in [0.15, 0.2) is 0 Å². The summed E-state index contributed by atoms with van der Waals surface area (Å²) >= 11 is 0. The minimum absolute atomic E-state index is 0.618. The Morgan fingerprint density at radius 2 is 2.32 bits per heavy atom. The maximum absolute atomic E-state index is 9.58. The second-order valence-electron chi connectivity index (χ2n) is 4.60. The maximum atomic E-state index is 9.58. The minimum atomic E-state index is -0.618. The summed E-state index contributed by atoms with van der Waals surface area (Å²) in [4.78, 5) is 0. The molecule has 2 rings (SSSR count). The quantitative estimate of drug-likeness (QED) is 0.764. The van der Waals surface area contributed by atoms with E-state index in [0.717, 1.165) is 23.3 Å². The summed E-state index contributed by atoms with van der Waals surface area (Å²) in [6, 6.07) is 8.43. The molecule has 2 nitrogen and oxygen atoms in total. The van der Waals surface area contributed by atoms with E-state index in [2.05, 4.69) is 12.6 Å². The van der Waals surface area contributed by atoms with Gasteiger partial charge in [0, 0.05) is 5.56 Å². The number of hydrogen-bond donors (Lipinski definition) is 0. The first-order chi connectivity index (χ1) is 9.25. The van der Waals surface area contributed by atoms with Crippen molar-refractivity contribution in [2.45, 2.75) is 18.3 Å². The van der Waals surface area contributed by atoms with Crippen LogP contribution in [0.25, 0.3) is 0 Å². The van der Waals surface area contributed by atoms with Crippen molar-refractivity contribution in [2.24, 2.45) is 0 Å². The Balaban J connectivity index is 2.49. The van der Waals surface area contributed by atoms with Crippen LogP contribution in [-0.2, 0) is 11.8 Å². The van der Waals surface area contributed by atoms with E-state index in [1.165, 1.54) is 0 Å². The molecule has 0 fully saturated rings. The van der Waals surface area contributed by atoms with Crippen LogP contribution in [0.1, 0.15) is 17.5 Å². The largest absolute Gasteiger partial charge is 0.496 e. The lowest BCUT2D eigenvalue weighted by molar-refractivity contribution is 0.403. The van der Waals surface area contributed by atoms with Gasteiger partial charge in [-0.2, -0.15) is 5.26 Å². The number of methoxy groups -OCH3 is 1. The number of allylic oxidation sites excluding steroid dienone is 5. The van der Waals surface area contributed by atoms with Gasteiger partial charge in [-0.25, -0.2) is 0 Å². The fraction of sp³-hybridized carbons (Fsp3) is 0.235. The summed E-state index contributed by atoms with van der Waals surface area (Å²) in [5, 5.41) is 9.58. The van der Waals surface area contributed by atoms with Crippen LogP contribution in [0.3, 0.4) is 0 Å². The van der Waals surface area contributed by atoms with E-state index in [-0.39, 0.29) is 0 Å². The molecule has 0 N–H and O–H groups in total. The lowest BCUT2D eigenvalue weighted by Crippen LogP contribution is -2.22. The number of nitrogens with zero attached hydrogens (tertiary/aromatic N) is 1. The Hall–Kier alpha value is -2.27. The third-order valence-electron chi connectivity index (χ3n) is 3.39. The van der Waals surface area contributed by atoms with Crippen molar-refractivity contribution in [1.82, 2.24) is 0 Å². The van der Waals surface area contributed by atoms with Gasteiger partial charge in [-0.15, -0.1) is 6.58 Å². The third-order valence-corrected chi connectivity index (χ3v) is 3.39. The van der Waals surface area contributed by atoms with Gasteiger partial charge in [0.25, 0.3) is 0 Å². The van der Waals surface area contributed by atoms with Crippen molar-refractivity contribution in [1.29, 1.82) is 5.26 Å². The molecule has 19 heavy (non-hydrogen) atoms. The van der Waals surface area contributed by atoms with E-state index < -0.39 is 5.41 Å². The van der Waals surface area contributed by atoms with E-state index in [1.54, 1.807) is 7.11 Å². The molecule has 96 valence electrons. The molecule has 0 aromatic heterocycles. The topological polar surface area (TPSA) is 33.0 Å². The molecule has 0 saturated heterocycles.